The monoisotopic (exact) mass is 260 g/mol. The van der Waals surface area contributed by atoms with Crippen molar-refractivity contribution in [2.24, 2.45) is 0 Å². The van der Waals surface area contributed by atoms with E-state index in [4.69, 9.17) is 0 Å². The van der Waals surface area contributed by atoms with E-state index in [9.17, 15) is 13.2 Å². The van der Waals surface area contributed by atoms with Gasteiger partial charge in [0.1, 0.15) is 0 Å². The van der Waals surface area contributed by atoms with Gasteiger partial charge in [-0.2, -0.15) is 13.2 Å². The fourth-order valence-corrected chi connectivity index (χ4v) is 2.06. The highest BCUT2D eigenvalue weighted by Gasteiger charge is 2.33. The van der Waals surface area contributed by atoms with Gasteiger partial charge in [-0.3, -0.25) is 0 Å². The number of nitrogens with zero attached hydrogens (tertiary/aromatic N) is 3. The third kappa shape index (κ3) is 2.72. The molecule has 1 N–H and O–H groups in total. The molecule has 1 aromatic rings. The van der Waals surface area contributed by atoms with Crippen LogP contribution < -0.4 is 10.2 Å². The molecule has 1 unspecified atom stereocenters. The molecule has 0 bridgehead atoms. The van der Waals surface area contributed by atoms with Crippen molar-refractivity contribution in [1.29, 1.82) is 0 Å². The molecule has 1 atom stereocenters. The van der Waals surface area contributed by atoms with Crippen LogP contribution >= 0.6 is 0 Å². The number of anilines is 1. The number of piperazine rings is 1. The van der Waals surface area contributed by atoms with Crippen molar-refractivity contribution in [3.8, 4) is 0 Å². The second-order valence-corrected chi connectivity index (χ2v) is 4.23. The van der Waals surface area contributed by atoms with Crippen LogP contribution in [0.4, 0.5) is 19.0 Å². The van der Waals surface area contributed by atoms with Gasteiger partial charge in [-0.1, -0.05) is 6.92 Å². The number of hydrogen-bond acceptors (Lipinski definition) is 4. The number of aromatic nitrogens is 2. The van der Waals surface area contributed by atoms with E-state index in [1.54, 1.807) is 0 Å². The molecule has 0 aliphatic carbocycles. The van der Waals surface area contributed by atoms with Gasteiger partial charge in [0.2, 0.25) is 0 Å². The highest BCUT2D eigenvalue weighted by atomic mass is 19.4. The number of halogens is 3. The first-order valence-electron chi connectivity index (χ1n) is 5.90. The topological polar surface area (TPSA) is 41.0 Å². The van der Waals surface area contributed by atoms with Gasteiger partial charge in [-0.25, -0.2) is 0 Å². The van der Waals surface area contributed by atoms with Crippen LogP contribution in [0, 0.1) is 0 Å². The Balaban J connectivity index is 2.18. The van der Waals surface area contributed by atoms with Crippen LogP contribution in [0.5, 0.6) is 0 Å². The Morgan fingerprint density at radius 1 is 1.39 bits per heavy atom. The first-order valence-corrected chi connectivity index (χ1v) is 5.90. The van der Waals surface area contributed by atoms with Crippen LogP contribution in [0.2, 0.25) is 0 Å². The van der Waals surface area contributed by atoms with Gasteiger partial charge >= 0.3 is 6.18 Å². The molecule has 2 heterocycles. The molecule has 0 aromatic carbocycles. The number of rotatable bonds is 2. The summed E-state index contributed by atoms with van der Waals surface area (Å²) in [7, 11) is 0. The normalized spacial score (nSPS) is 21.1. The third-order valence-corrected chi connectivity index (χ3v) is 3.06. The molecule has 0 spiro atoms. The molecular weight excluding hydrogens is 245 g/mol. The van der Waals surface area contributed by atoms with Gasteiger partial charge in [0, 0.05) is 25.7 Å². The minimum Gasteiger partial charge on any atom is -0.350 e. The Bertz CT molecular complexity index is 390. The lowest BCUT2D eigenvalue weighted by molar-refractivity contribution is -0.141. The van der Waals surface area contributed by atoms with E-state index in [1.807, 2.05) is 11.8 Å². The molecule has 0 amide bonds. The number of nitrogens with one attached hydrogen (secondary N) is 1. The fourth-order valence-electron chi connectivity index (χ4n) is 2.06. The summed E-state index contributed by atoms with van der Waals surface area (Å²) in [6.07, 6.45) is -3.52. The average Bonchev–Trinajstić information content (AvgIpc) is 2.38. The summed E-state index contributed by atoms with van der Waals surface area (Å²) in [5.41, 5.74) is -0.950. The summed E-state index contributed by atoms with van der Waals surface area (Å²) in [6.45, 7) is 4.40. The maximum absolute atomic E-state index is 12.4. The standard InChI is InChI=1S/C11H15F3N4/c1-2-8-7-15-5-6-18(8)10-4-3-9(16-17-10)11(12,13)14/h3-4,8,15H,2,5-7H2,1H3. The van der Waals surface area contributed by atoms with Gasteiger partial charge in [-0.15, -0.1) is 10.2 Å². The van der Waals surface area contributed by atoms with Gasteiger partial charge in [0.15, 0.2) is 11.5 Å². The number of hydrogen-bond donors (Lipinski definition) is 1. The molecule has 2 rings (SSSR count). The SMILES string of the molecule is CCC1CNCCN1c1ccc(C(F)(F)F)nn1. The van der Waals surface area contributed by atoms with Gasteiger partial charge in [0.25, 0.3) is 0 Å². The third-order valence-electron chi connectivity index (χ3n) is 3.06. The maximum Gasteiger partial charge on any atom is 0.435 e. The van der Waals surface area contributed by atoms with E-state index in [1.165, 1.54) is 6.07 Å². The predicted octanol–water partition coefficient (Wildman–Crippen LogP) is 1.68. The van der Waals surface area contributed by atoms with Crippen molar-refractivity contribution in [1.82, 2.24) is 15.5 Å². The fraction of sp³-hybridized carbons (Fsp3) is 0.636. The van der Waals surface area contributed by atoms with Crippen molar-refractivity contribution in [3.05, 3.63) is 17.8 Å². The summed E-state index contributed by atoms with van der Waals surface area (Å²) < 4.78 is 37.1. The molecule has 1 aliphatic rings. The lowest BCUT2D eigenvalue weighted by Gasteiger charge is -2.36. The molecule has 1 saturated heterocycles. The Labute approximate surface area is 103 Å². The van der Waals surface area contributed by atoms with E-state index < -0.39 is 11.9 Å². The molecule has 0 radical (unpaired) electrons. The molecule has 1 aliphatic heterocycles. The van der Waals surface area contributed by atoms with E-state index in [-0.39, 0.29) is 6.04 Å². The minimum atomic E-state index is -4.43. The van der Waals surface area contributed by atoms with Gasteiger partial charge in [-0.05, 0) is 18.6 Å². The molecule has 1 fully saturated rings. The van der Waals surface area contributed by atoms with Gasteiger partial charge in [0.05, 0.1) is 0 Å². The largest absolute Gasteiger partial charge is 0.435 e. The zero-order valence-electron chi connectivity index (χ0n) is 10.0. The molecular formula is C11H15F3N4. The number of alkyl halides is 3. The highest BCUT2D eigenvalue weighted by Crippen LogP contribution is 2.28. The summed E-state index contributed by atoms with van der Waals surface area (Å²) in [6, 6.07) is 2.63. The van der Waals surface area contributed by atoms with Crippen LogP contribution in [0.15, 0.2) is 12.1 Å². The van der Waals surface area contributed by atoms with E-state index in [2.05, 4.69) is 15.5 Å². The Morgan fingerprint density at radius 2 is 2.17 bits per heavy atom. The minimum absolute atomic E-state index is 0.254. The van der Waals surface area contributed by atoms with Crippen LogP contribution in [0.25, 0.3) is 0 Å². The molecule has 1 aromatic heterocycles. The molecule has 100 valence electrons. The van der Waals surface area contributed by atoms with Crippen molar-refractivity contribution < 1.29 is 13.2 Å². The molecule has 0 saturated carbocycles. The second-order valence-electron chi connectivity index (χ2n) is 4.23. The van der Waals surface area contributed by atoms with Gasteiger partial charge < -0.3 is 10.2 Å². The van der Waals surface area contributed by atoms with Crippen molar-refractivity contribution in [2.75, 3.05) is 24.5 Å². The Morgan fingerprint density at radius 3 is 2.72 bits per heavy atom. The van der Waals surface area contributed by atoms with Crippen molar-refractivity contribution in [2.45, 2.75) is 25.6 Å². The maximum atomic E-state index is 12.4. The highest BCUT2D eigenvalue weighted by molar-refractivity contribution is 5.40. The Kier molecular flexibility index (Phi) is 3.70. The zero-order chi connectivity index (χ0) is 13.2. The lowest BCUT2D eigenvalue weighted by Crippen LogP contribution is -2.51. The molecule has 4 nitrogen and oxygen atoms in total. The Hall–Kier alpha value is -1.37. The lowest BCUT2D eigenvalue weighted by atomic mass is 10.1. The summed E-state index contributed by atoms with van der Waals surface area (Å²) in [5, 5.41) is 10.2. The second kappa shape index (κ2) is 5.09. The predicted molar refractivity (Wildman–Crippen MR) is 61.3 cm³/mol. The summed E-state index contributed by atoms with van der Waals surface area (Å²) >= 11 is 0. The van der Waals surface area contributed by atoms with Crippen molar-refractivity contribution in [3.63, 3.8) is 0 Å². The molecule has 7 heteroatoms. The van der Waals surface area contributed by atoms with Crippen LogP contribution in [-0.4, -0.2) is 35.9 Å². The van der Waals surface area contributed by atoms with Crippen LogP contribution in [0.3, 0.4) is 0 Å². The van der Waals surface area contributed by atoms with E-state index in [0.717, 1.165) is 32.1 Å². The zero-order valence-corrected chi connectivity index (χ0v) is 10.0. The van der Waals surface area contributed by atoms with Crippen LogP contribution in [0.1, 0.15) is 19.0 Å². The molecule has 18 heavy (non-hydrogen) atoms. The van der Waals surface area contributed by atoms with E-state index >= 15 is 0 Å². The average molecular weight is 260 g/mol. The first kappa shape index (κ1) is 13.1. The van der Waals surface area contributed by atoms with Crippen molar-refractivity contribution >= 4 is 5.82 Å². The smallest absolute Gasteiger partial charge is 0.350 e. The summed E-state index contributed by atoms with van der Waals surface area (Å²) in [5.74, 6) is 0.511. The first-order chi connectivity index (χ1) is 8.52. The van der Waals surface area contributed by atoms with E-state index in [0.29, 0.717) is 5.82 Å². The summed E-state index contributed by atoms with van der Waals surface area (Å²) in [4.78, 5) is 2.00. The van der Waals surface area contributed by atoms with Crippen LogP contribution in [-0.2, 0) is 6.18 Å². The quantitative estimate of drug-likeness (QED) is 0.878.